The van der Waals surface area contributed by atoms with E-state index in [4.69, 9.17) is 9.47 Å². The molecule has 2 aliphatic heterocycles. The number of ketones is 1. The average Bonchev–Trinajstić information content (AvgIpc) is 3.07. The lowest BCUT2D eigenvalue weighted by Gasteiger charge is -2.27. The number of ether oxygens (including phenoxy) is 2. The summed E-state index contributed by atoms with van der Waals surface area (Å²) in [5.74, 6) is -5.40. The average molecular weight is 501 g/mol. The summed E-state index contributed by atoms with van der Waals surface area (Å²) in [7, 11) is 0. The van der Waals surface area contributed by atoms with Gasteiger partial charge in [0.15, 0.2) is 23.2 Å². The summed E-state index contributed by atoms with van der Waals surface area (Å²) in [6.07, 6.45) is 1.18. The first-order chi connectivity index (χ1) is 15.3. The molecule has 1 atom stereocenters. The third-order valence-corrected chi connectivity index (χ3v) is 6.09. The smallest absolute Gasteiger partial charge is 0.312 e. The summed E-state index contributed by atoms with van der Waals surface area (Å²) < 4.78 is 52.4. The third-order valence-electron chi connectivity index (χ3n) is 5.36. The van der Waals surface area contributed by atoms with Gasteiger partial charge in [0.2, 0.25) is 5.78 Å². The van der Waals surface area contributed by atoms with Crippen molar-refractivity contribution in [2.75, 3.05) is 0 Å². The Bertz CT molecular complexity index is 1330. The Labute approximate surface area is 188 Å². The Morgan fingerprint density at radius 1 is 0.969 bits per heavy atom. The van der Waals surface area contributed by atoms with Gasteiger partial charge in [-0.25, -0.2) is 13.2 Å². The molecule has 2 aliphatic rings. The lowest BCUT2D eigenvalue weighted by molar-refractivity contribution is -0.135. The molecule has 3 aromatic rings. The van der Waals surface area contributed by atoms with E-state index in [1.165, 1.54) is 12.1 Å². The molecule has 32 heavy (non-hydrogen) atoms. The van der Waals surface area contributed by atoms with Gasteiger partial charge in [-0.15, -0.1) is 0 Å². The quantitative estimate of drug-likeness (QED) is 0.189. The van der Waals surface area contributed by atoms with E-state index in [2.05, 4.69) is 15.9 Å². The molecule has 160 valence electrons. The van der Waals surface area contributed by atoms with Gasteiger partial charge in [-0.05, 0) is 47.5 Å². The number of fused-ring (bicyclic) bond motifs is 3. The van der Waals surface area contributed by atoms with Crippen LogP contribution in [-0.2, 0) is 4.79 Å². The van der Waals surface area contributed by atoms with E-state index in [0.29, 0.717) is 5.56 Å². The molecule has 4 nitrogen and oxygen atoms in total. The van der Waals surface area contributed by atoms with Crippen molar-refractivity contribution in [3.63, 3.8) is 0 Å². The lowest BCUT2D eigenvalue weighted by atomic mass is 9.84. The number of benzene rings is 3. The minimum atomic E-state index is -1.60. The van der Waals surface area contributed by atoms with E-state index >= 15 is 0 Å². The molecule has 0 N–H and O–H groups in total. The first kappa shape index (κ1) is 20.5. The molecule has 2 heterocycles. The minimum absolute atomic E-state index is 0.0387. The van der Waals surface area contributed by atoms with Crippen molar-refractivity contribution in [3.8, 4) is 11.5 Å². The number of allylic oxidation sites excluding steroid dienone is 1. The Balaban J connectivity index is 1.62. The zero-order valence-corrected chi connectivity index (χ0v) is 17.7. The second-order valence-electron chi connectivity index (χ2n) is 7.34. The van der Waals surface area contributed by atoms with Crippen LogP contribution in [0.2, 0.25) is 0 Å². The second kappa shape index (κ2) is 7.63. The molecule has 0 spiro atoms. The fraction of sp³-hybridized carbons (Fsp3) is 0.0833. The molecule has 1 unspecified atom stereocenters. The molecule has 0 radical (unpaired) electrons. The highest BCUT2D eigenvalue weighted by Gasteiger charge is 2.39. The largest absolute Gasteiger partial charge is 0.452 e. The predicted octanol–water partition coefficient (Wildman–Crippen LogP) is 5.92. The van der Waals surface area contributed by atoms with Crippen LogP contribution in [0.1, 0.15) is 39.4 Å². The van der Waals surface area contributed by atoms with Gasteiger partial charge in [-0.2, -0.15) is 0 Å². The van der Waals surface area contributed by atoms with E-state index in [1.807, 2.05) is 24.3 Å². The fourth-order valence-electron chi connectivity index (χ4n) is 3.94. The van der Waals surface area contributed by atoms with Gasteiger partial charge >= 0.3 is 5.97 Å². The van der Waals surface area contributed by atoms with Gasteiger partial charge in [0, 0.05) is 16.0 Å². The van der Waals surface area contributed by atoms with Gasteiger partial charge in [0.1, 0.15) is 11.5 Å². The van der Waals surface area contributed by atoms with Crippen LogP contribution in [0.4, 0.5) is 13.2 Å². The molecule has 8 heteroatoms. The normalized spacial score (nSPS) is 18.2. The zero-order valence-electron chi connectivity index (χ0n) is 16.1. The maximum atomic E-state index is 13.6. The Morgan fingerprint density at radius 3 is 2.41 bits per heavy atom. The van der Waals surface area contributed by atoms with Crippen LogP contribution in [0.25, 0.3) is 6.08 Å². The van der Waals surface area contributed by atoms with Gasteiger partial charge in [-0.1, -0.05) is 34.1 Å². The summed E-state index contributed by atoms with van der Waals surface area (Å²) in [5, 5.41) is 0. The Kier molecular flexibility index (Phi) is 4.89. The summed E-state index contributed by atoms with van der Waals surface area (Å²) in [5.41, 5.74) is 1.51. The number of halogens is 4. The molecule has 0 saturated carbocycles. The number of Topliss-reactive ketones (excluding diaryl/α,β-unsaturated/α-hetero) is 1. The van der Waals surface area contributed by atoms with Crippen molar-refractivity contribution in [1.29, 1.82) is 0 Å². The van der Waals surface area contributed by atoms with E-state index in [1.54, 1.807) is 0 Å². The fourth-order valence-corrected chi connectivity index (χ4v) is 4.50. The SMILES string of the molecule is O=C1CC(c2ccccc2Br)c2c(ccc3c2OC(=Cc2cc(F)c(F)c(F)c2)C3=O)O1. The Morgan fingerprint density at radius 2 is 1.69 bits per heavy atom. The number of hydrogen-bond acceptors (Lipinski definition) is 4. The third kappa shape index (κ3) is 3.31. The van der Waals surface area contributed by atoms with Gasteiger partial charge in [0.05, 0.1) is 12.0 Å². The molecular weight excluding hydrogens is 489 g/mol. The van der Waals surface area contributed by atoms with E-state index in [0.717, 1.165) is 28.2 Å². The van der Waals surface area contributed by atoms with E-state index in [9.17, 15) is 22.8 Å². The molecule has 0 fully saturated rings. The summed E-state index contributed by atoms with van der Waals surface area (Å²) in [6, 6.07) is 11.9. The van der Waals surface area contributed by atoms with Crippen molar-refractivity contribution in [3.05, 3.63) is 98.5 Å². The molecule has 0 bridgehead atoms. The van der Waals surface area contributed by atoms with Crippen LogP contribution in [0, 0.1) is 17.5 Å². The Hall–Kier alpha value is -3.39. The van der Waals surface area contributed by atoms with Gasteiger partial charge in [-0.3, -0.25) is 9.59 Å². The van der Waals surface area contributed by atoms with Crippen molar-refractivity contribution in [2.24, 2.45) is 0 Å². The van der Waals surface area contributed by atoms with Crippen LogP contribution >= 0.6 is 15.9 Å². The molecule has 3 aromatic carbocycles. The molecule has 0 amide bonds. The van der Waals surface area contributed by atoms with Gasteiger partial charge < -0.3 is 9.47 Å². The summed E-state index contributed by atoms with van der Waals surface area (Å²) >= 11 is 3.50. The molecule has 0 saturated heterocycles. The standard InChI is InChI=1S/C24H12BrF3O4/c25-15-4-2-1-3-12(15)14-10-20(29)31-18-6-5-13-23(30)19(32-24(13)21(14)18)9-11-7-16(26)22(28)17(27)8-11/h1-9,14H,10H2. The van der Waals surface area contributed by atoms with Crippen LogP contribution in [0.3, 0.4) is 0 Å². The highest BCUT2D eigenvalue weighted by atomic mass is 79.9. The molecular formula is C24H12BrF3O4. The van der Waals surface area contributed by atoms with Gasteiger partial charge in [0.25, 0.3) is 0 Å². The van der Waals surface area contributed by atoms with Crippen molar-refractivity contribution >= 4 is 33.8 Å². The van der Waals surface area contributed by atoms with Crippen molar-refractivity contribution in [2.45, 2.75) is 12.3 Å². The monoisotopic (exact) mass is 500 g/mol. The van der Waals surface area contributed by atoms with Crippen molar-refractivity contribution in [1.82, 2.24) is 0 Å². The number of hydrogen-bond donors (Lipinski definition) is 0. The molecule has 0 aliphatic carbocycles. The first-order valence-corrected chi connectivity index (χ1v) is 10.3. The predicted molar refractivity (Wildman–Crippen MR) is 112 cm³/mol. The van der Waals surface area contributed by atoms with Crippen LogP contribution in [0.5, 0.6) is 11.5 Å². The number of rotatable bonds is 2. The lowest BCUT2D eigenvalue weighted by Crippen LogP contribution is -2.21. The second-order valence-corrected chi connectivity index (χ2v) is 8.20. The number of carbonyl (C=O) groups is 2. The van der Waals surface area contributed by atoms with Crippen LogP contribution < -0.4 is 9.47 Å². The van der Waals surface area contributed by atoms with Crippen LogP contribution in [-0.4, -0.2) is 11.8 Å². The van der Waals surface area contributed by atoms with E-state index in [-0.39, 0.29) is 34.8 Å². The number of carbonyl (C=O) groups excluding carboxylic acids is 2. The molecule has 0 aromatic heterocycles. The summed E-state index contributed by atoms with van der Waals surface area (Å²) in [4.78, 5) is 25.2. The van der Waals surface area contributed by atoms with E-state index < -0.39 is 35.1 Å². The zero-order chi connectivity index (χ0) is 22.6. The maximum Gasteiger partial charge on any atom is 0.312 e. The summed E-state index contributed by atoms with van der Waals surface area (Å²) in [6.45, 7) is 0. The topological polar surface area (TPSA) is 52.6 Å². The minimum Gasteiger partial charge on any atom is -0.452 e. The first-order valence-electron chi connectivity index (χ1n) is 9.54. The number of esters is 1. The van der Waals surface area contributed by atoms with Crippen molar-refractivity contribution < 1.29 is 32.2 Å². The maximum absolute atomic E-state index is 13.6. The van der Waals surface area contributed by atoms with Crippen LogP contribution in [0.15, 0.2) is 58.8 Å². The highest BCUT2D eigenvalue weighted by molar-refractivity contribution is 9.10. The molecule has 5 rings (SSSR count). The highest BCUT2D eigenvalue weighted by Crippen LogP contribution is 2.50.